The normalized spacial score (nSPS) is 8.08. The molecule has 26 heavy (non-hydrogen) atoms. The van der Waals surface area contributed by atoms with Gasteiger partial charge in [-0.15, -0.1) is 0 Å². The molecule has 0 radical (unpaired) electrons. The number of hydrogen-bond acceptors (Lipinski definition) is 7. The molecule has 2 N–H and O–H groups in total. The number of carbonyl (C=O) groups is 4. The van der Waals surface area contributed by atoms with Crippen LogP contribution in [0.2, 0.25) is 0 Å². The van der Waals surface area contributed by atoms with E-state index in [-0.39, 0.29) is 23.6 Å². The molecule has 10 heteroatoms. The Morgan fingerprint density at radius 3 is 1.12 bits per heavy atom. The molecular formula is C16H36N2O7S. The van der Waals surface area contributed by atoms with Crippen molar-refractivity contribution in [3.8, 4) is 0 Å². The fourth-order valence-electron chi connectivity index (χ4n) is 0.249. The maximum absolute atomic E-state index is 9.93. The number of carbonyl (C=O) groups excluding carboxylic acids is 4. The lowest BCUT2D eigenvalue weighted by atomic mass is 10.4. The van der Waals surface area contributed by atoms with E-state index in [1.165, 1.54) is 27.9 Å². The highest BCUT2D eigenvalue weighted by Gasteiger charge is 1.79. The molecule has 0 saturated carbocycles. The Morgan fingerprint density at radius 2 is 1.12 bits per heavy atom. The molecule has 0 atom stereocenters. The molecule has 158 valence electrons. The van der Waals surface area contributed by atoms with Gasteiger partial charge in [0.2, 0.25) is 11.8 Å². The van der Waals surface area contributed by atoms with Gasteiger partial charge in [-0.05, 0) is 13.8 Å². The molecule has 0 aliphatic heterocycles. The van der Waals surface area contributed by atoms with E-state index >= 15 is 0 Å². The van der Waals surface area contributed by atoms with Crippen LogP contribution in [-0.2, 0) is 33.8 Å². The first-order chi connectivity index (χ1) is 11.6. The lowest BCUT2D eigenvalue weighted by molar-refractivity contribution is -0.138. The first kappa shape index (κ1) is 35.2. The number of sulfone groups is 1. The van der Waals surface area contributed by atoms with Gasteiger partial charge in [-0.2, -0.15) is 0 Å². The van der Waals surface area contributed by atoms with Crippen molar-refractivity contribution in [2.45, 2.75) is 48.0 Å². The van der Waals surface area contributed by atoms with Crippen molar-refractivity contribution < 1.29 is 32.3 Å². The number of hydrogen-bond donors (Lipinski definition) is 2. The quantitative estimate of drug-likeness (QED) is 0.652. The Bertz CT molecular complexity index is 434. The summed E-state index contributed by atoms with van der Waals surface area (Å²) < 4.78 is 23.4. The topological polar surface area (TPSA) is 136 Å². The van der Waals surface area contributed by atoms with Crippen LogP contribution in [-0.4, -0.2) is 65.2 Å². The fourth-order valence-corrected chi connectivity index (χ4v) is 0.249. The van der Waals surface area contributed by atoms with Crippen molar-refractivity contribution in [2.24, 2.45) is 0 Å². The zero-order valence-corrected chi connectivity index (χ0v) is 18.5. The second-order valence-electron chi connectivity index (χ2n) is 4.79. The number of methoxy groups -OCH3 is 1. The molecule has 0 aliphatic rings. The Hall–Kier alpha value is -1.97. The summed E-state index contributed by atoms with van der Waals surface area (Å²) in [7, 11) is 0.282. The second-order valence-corrected chi connectivity index (χ2v) is 7.07. The molecule has 0 fully saturated rings. The minimum Gasteiger partial charge on any atom is -0.469 e. The predicted molar refractivity (Wildman–Crippen MR) is 104 cm³/mol. The third-order valence-electron chi connectivity index (χ3n) is 1.56. The summed E-state index contributed by atoms with van der Waals surface area (Å²) in [6.07, 6.45) is 2.99. The minimum absolute atomic E-state index is 0.00463. The summed E-state index contributed by atoms with van der Waals surface area (Å²) in [6.45, 7) is 10.4. The molecule has 0 aliphatic carbocycles. The second kappa shape index (κ2) is 25.3. The van der Waals surface area contributed by atoms with Crippen molar-refractivity contribution in [3.63, 3.8) is 0 Å². The summed E-state index contributed by atoms with van der Waals surface area (Å²) in [5.41, 5.74) is 0. The van der Waals surface area contributed by atoms with E-state index in [2.05, 4.69) is 15.4 Å². The molecule has 0 spiro atoms. The Labute approximate surface area is 158 Å². The van der Waals surface area contributed by atoms with E-state index in [9.17, 15) is 27.6 Å². The van der Waals surface area contributed by atoms with E-state index in [0.717, 1.165) is 19.1 Å². The zero-order valence-electron chi connectivity index (χ0n) is 17.7. The molecular weight excluding hydrogens is 364 g/mol. The van der Waals surface area contributed by atoms with E-state index in [4.69, 9.17) is 0 Å². The molecule has 0 unspecified atom stereocenters. The Morgan fingerprint density at radius 1 is 0.885 bits per heavy atom. The van der Waals surface area contributed by atoms with Gasteiger partial charge in [-0.3, -0.25) is 14.4 Å². The van der Waals surface area contributed by atoms with E-state index in [1.54, 1.807) is 14.0 Å². The summed E-state index contributed by atoms with van der Waals surface area (Å²) in [5.74, 6) is 0.0532. The number of ketones is 1. The van der Waals surface area contributed by atoms with E-state index in [0.29, 0.717) is 6.42 Å². The molecule has 2 amide bonds. The highest BCUT2D eigenvalue weighted by atomic mass is 32.2. The number of rotatable bonds is 2. The van der Waals surface area contributed by atoms with E-state index < -0.39 is 9.84 Å². The van der Waals surface area contributed by atoms with Crippen LogP contribution in [0.1, 0.15) is 48.0 Å². The third kappa shape index (κ3) is 197. The van der Waals surface area contributed by atoms with Crippen LogP contribution in [0.5, 0.6) is 0 Å². The zero-order chi connectivity index (χ0) is 22.3. The molecule has 0 aromatic heterocycles. The molecule has 0 rings (SSSR count). The highest BCUT2D eigenvalue weighted by molar-refractivity contribution is 7.89. The van der Waals surface area contributed by atoms with Gasteiger partial charge in [0.05, 0.1) is 7.11 Å². The van der Waals surface area contributed by atoms with Crippen LogP contribution >= 0.6 is 0 Å². The van der Waals surface area contributed by atoms with Gasteiger partial charge >= 0.3 is 5.97 Å². The molecule has 9 nitrogen and oxygen atoms in total. The fraction of sp³-hybridized carbons (Fsp3) is 0.750. The van der Waals surface area contributed by atoms with Crippen molar-refractivity contribution in [1.82, 2.24) is 10.6 Å². The number of esters is 1. The Kier molecular flexibility index (Phi) is 34.2. The van der Waals surface area contributed by atoms with Crippen molar-refractivity contribution in [2.75, 3.05) is 33.2 Å². The molecule has 0 saturated heterocycles. The SMILES string of the molecule is CCC(C)=O.CCNC(C)=O.CNC(C)=O.COC(C)=O.CS(C)(=O)=O. The molecule has 0 aromatic rings. The van der Waals surface area contributed by atoms with Gasteiger partial charge in [-0.1, -0.05) is 6.92 Å². The average molecular weight is 401 g/mol. The molecule has 0 aromatic carbocycles. The largest absolute Gasteiger partial charge is 0.469 e. The average Bonchev–Trinajstić information content (AvgIpc) is 2.47. The van der Waals surface area contributed by atoms with E-state index in [1.807, 2.05) is 13.8 Å². The smallest absolute Gasteiger partial charge is 0.302 e. The summed E-state index contributed by atoms with van der Waals surface area (Å²) in [5, 5.41) is 4.96. The summed E-state index contributed by atoms with van der Waals surface area (Å²) in [4.78, 5) is 39.0. The van der Waals surface area contributed by atoms with Gasteiger partial charge in [0.25, 0.3) is 0 Å². The lowest BCUT2D eigenvalue weighted by Crippen LogP contribution is -2.18. The maximum Gasteiger partial charge on any atom is 0.302 e. The first-order valence-electron chi connectivity index (χ1n) is 7.70. The monoisotopic (exact) mass is 400 g/mol. The van der Waals surface area contributed by atoms with Gasteiger partial charge in [0, 0.05) is 53.3 Å². The Balaban J connectivity index is -0.0000000708. The van der Waals surface area contributed by atoms with Crippen LogP contribution in [0.25, 0.3) is 0 Å². The summed E-state index contributed by atoms with van der Waals surface area (Å²) in [6, 6.07) is 0. The van der Waals surface area contributed by atoms with Gasteiger partial charge in [0.1, 0.15) is 15.6 Å². The molecule has 0 heterocycles. The van der Waals surface area contributed by atoms with Crippen LogP contribution < -0.4 is 10.6 Å². The van der Waals surface area contributed by atoms with Crippen LogP contribution in [0.4, 0.5) is 0 Å². The van der Waals surface area contributed by atoms with Crippen molar-refractivity contribution >= 4 is 33.4 Å². The number of Topliss-reactive ketones (excluding diaryl/α,β-unsaturated/α-hetero) is 1. The highest BCUT2D eigenvalue weighted by Crippen LogP contribution is 1.71. The number of nitrogens with one attached hydrogen (secondary N) is 2. The standard InChI is InChI=1S/C4H9NO.C4H8O.C3H7NO.C3H6O2.C2H6O2S/c1-3-5-4(2)6;1-3-4(2)5;1-3(5)4-2;1-3(4)5-2;1-5(2,3)4/h3H2,1-2H3,(H,5,6);3H2,1-2H3;1-2H3,(H,4,5);2*1-2H3. The minimum atomic E-state index is -2.67. The van der Waals surface area contributed by atoms with Crippen molar-refractivity contribution in [3.05, 3.63) is 0 Å². The lowest BCUT2D eigenvalue weighted by Gasteiger charge is -1.88. The number of amides is 2. The predicted octanol–water partition coefficient (Wildman–Crippen LogP) is 0.720. The maximum atomic E-state index is 9.93. The third-order valence-corrected chi connectivity index (χ3v) is 1.56. The van der Waals surface area contributed by atoms with Crippen molar-refractivity contribution in [1.29, 1.82) is 0 Å². The summed E-state index contributed by atoms with van der Waals surface area (Å²) >= 11 is 0. The van der Waals surface area contributed by atoms with Crippen LogP contribution in [0, 0.1) is 0 Å². The van der Waals surface area contributed by atoms with Gasteiger partial charge in [0.15, 0.2) is 0 Å². The van der Waals surface area contributed by atoms with Gasteiger partial charge in [-0.25, -0.2) is 8.42 Å². The number of ether oxygens (including phenoxy) is 1. The first-order valence-corrected chi connectivity index (χ1v) is 10.00. The van der Waals surface area contributed by atoms with Gasteiger partial charge < -0.3 is 20.2 Å². The molecule has 0 bridgehead atoms. The van der Waals surface area contributed by atoms with Crippen LogP contribution in [0.15, 0.2) is 0 Å². The van der Waals surface area contributed by atoms with Crippen LogP contribution in [0.3, 0.4) is 0 Å².